The number of nitrogens with zero attached hydrogens (tertiary/aromatic N) is 5. The van der Waals surface area contributed by atoms with Crippen molar-refractivity contribution in [3.63, 3.8) is 0 Å². The third-order valence-corrected chi connectivity index (χ3v) is 6.11. The lowest BCUT2D eigenvalue weighted by atomic mass is 10.1. The third-order valence-electron chi connectivity index (χ3n) is 4.96. The Morgan fingerprint density at radius 1 is 1.11 bits per heavy atom. The van der Waals surface area contributed by atoms with E-state index in [2.05, 4.69) is 25.9 Å². The first-order chi connectivity index (χ1) is 16.9. The fourth-order valence-corrected chi connectivity index (χ4v) is 4.40. The van der Waals surface area contributed by atoms with Gasteiger partial charge in [0.05, 0.1) is 10.5 Å². The predicted molar refractivity (Wildman–Crippen MR) is 133 cm³/mol. The summed E-state index contributed by atoms with van der Waals surface area (Å²) in [7, 11) is 0. The van der Waals surface area contributed by atoms with Crippen molar-refractivity contribution < 1.29 is 14.1 Å². The Hall–Kier alpha value is -4.49. The molecule has 5 aromatic rings. The van der Waals surface area contributed by atoms with E-state index in [1.165, 1.54) is 29.5 Å². The van der Waals surface area contributed by atoms with Crippen molar-refractivity contribution in [2.24, 2.45) is 0 Å². The molecule has 1 amide bonds. The average molecular weight is 506 g/mol. The van der Waals surface area contributed by atoms with E-state index < -0.39 is 10.8 Å². The Labute approximate surface area is 206 Å². The van der Waals surface area contributed by atoms with Crippen LogP contribution in [-0.4, -0.2) is 35.8 Å². The average Bonchev–Trinajstić information content (AvgIpc) is 3.57. The summed E-state index contributed by atoms with van der Waals surface area (Å²) in [5.74, 6) is 0.306. The fourth-order valence-electron chi connectivity index (χ4n) is 3.30. The number of hydrogen-bond donors (Lipinski definition) is 2. The van der Waals surface area contributed by atoms with Gasteiger partial charge in [-0.15, -0.1) is 10.2 Å². The van der Waals surface area contributed by atoms with Crippen LogP contribution in [0.3, 0.4) is 0 Å². The first kappa shape index (κ1) is 22.3. The number of carbonyl (C=O) groups is 1. The zero-order chi connectivity index (χ0) is 24.5. The second-order valence-corrected chi connectivity index (χ2v) is 8.64. The number of fused-ring (bicyclic) bond motifs is 1. The monoisotopic (exact) mass is 505 g/mol. The molecule has 0 saturated heterocycles. The normalized spacial score (nSPS) is 10.9. The zero-order valence-electron chi connectivity index (χ0n) is 18.0. The predicted octanol–water partition coefficient (Wildman–Crippen LogP) is 4.46. The summed E-state index contributed by atoms with van der Waals surface area (Å²) in [5, 5.41) is 30.1. The summed E-state index contributed by atoms with van der Waals surface area (Å²) < 4.78 is 7.23. The molecule has 3 heterocycles. The maximum atomic E-state index is 12.5. The number of nitrogens with one attached hydrogen (secondary N) is 2. The molecular weight excluding hydrogens is 490 g/mol. The van der Waals surface area contributed by atoms with Gasteiger partial charge in [0.15, 0.2) is 16.7 Å². The molecule has 0 aliphatic carbocycles. The van der Waals surface area contributed by atoms with E-state index in [0.29, 0.717) is 16.5 Å². The Morgan fingerprint density at radius 3 is 2.63 bits per heavy atom. The van der Waals surface area contributed by atoms with Crippen molar-refractivity contribution in [1.29, 1.82) is 0 Å². The van der Waals surface area contributed by atoms with Crippen LogP contribution in [0.15, 0.2) is 65.1 Å². The maximum Gasteiger partial charge on any atom is 0.293 e. The van der Waals surface area contributed by atoms with Crippen molar-refractivity contribution in [2.75, 3.05) is 5.32 Å². The quantitative estimate of drug-likeness (QED) is 0.201. The molecule has 2 N–H and O–H groups in total. The number of aromatic nitrogens is 4. The summed E-state index contributed by atoms with van der Waals surface area (Å²) in [4.78, 5) is 24.0. The zero-order valence-corrected chi connectivity index (χ0v) is 19.6. The number of nitro benzene ring substituents is 1. The minimum absolute atomic E-state index is 0.0313. The van der Waals surface area contributed by atoms with Crippen LogP contribution in [0.1, 0.15) is 16.4 Å². The van der Waals surface area contributed by atoms with Crippen LogP contribution < -0.4 is 10.6 Å². The molecule has 11 nitrogen and oxygen atoms in total. The van der Waals surface area contributed by atoms with Crippen LogP contribution in [0.4, 0.5) is 11.4 Å². The van der Waals surface area contributed by atoms with Gasteiger partial charge in [-0.3, -0.25) is 20.2 Å². The molecule has 0 atom stereocenters. The molecule has 3 aromatic heterocycles. The van der Waals surface area contributed by atoms with E-state index in [1.807, 2.05) is 31.2 Å². The van der Waals surface area contributed by atoms with Crippen molar-refractivity contribution in [3.8, 4) is 21.9 Å². The Bertz CT molecular complexity index is 1590. The Morgan fingerprint density at radius 2 is 1.89 bits per heavy atom. The van der Waals surface area contributed by atoms with Gasteiger partial charge in [-0.1, -0.05) is 23.5 Å². The number of rotatable bonds is 5. The van der Waals surface area contributed by atoms with E-state index >= 15 is 0 Å². The van der Waals surface area contributed by atoms with Crippen LogP contribution in [-0.2, 0) is 0 Å². The number of para-hydroxylation sites is 1. The molecule has 35 heavy (non-hydrogen) atoms. The number of aryl methyl sites for hydroxylation is 1. The number of furan rings is 1. The summed E-state index contributed by atoms with van der Waals surface area (Å²) >= 11 is 6.66. The molecule has 0 spiro atoms. The number of nitro groups is 1. The molecule has 0 bridgehead atoms. The number of hydrogen-bond acceptors (Lipinski definition) is 9. The molecule has 2 aromatic carbocycles. The number of anilines is 1. The highest BCUT2D eigenvalue weighted by Crippen LogP contribution is 2.31. The second kappa shape index (κ2) is 9.04. The molecule has 0 aliphatic heterocycles. The summed E-state index contributed by atoms with van der Waals surface area (Å²) in [6.07, 6.45) is 0. The lowest BCUT2D eigenvalue weighted by molar-refractivity contribution is -0.384. The van der Waals surface area contributed by atoms with Gasteiger partial charge in [0.1, 0.15) is 10.8 Å². The van der Waals surface area contributed by atoms with Gasteiger partial charge in [-0.25, -0.2) is 0 Å². The second-order valence-electron chi connectivity index (χ2n) is 7.27. The van der Waals surface area contributed by atoms with Crippen LogP contribution in [0.5, 0.6) is 0 Å². The van der Waals surface area contributed by atoms with E-state index in [1.54, 1.807) is 22.7 Å². The molecule has 5 rings (SSSR count). The molecule has 0 radical (unpaired) electrons. The molecule has 0 fully saturated rings. The largest absolute Gasteiger partial charge is 0.451 e. The van der Waals surface area contributed by atoms with Crippen LogP contribution >= 0.6 is 23.6 Å². The Kier molecular flexibility index (Phi) is 5.76. The van der Waals surface area contributed by atoms with Crippen molar-refractivity contribution >= 4 is 50.9 Å². The van der Waals surface area contributed by atoms with Gasteiger partial charge < -0.3 is 9.73 Å². The Balaban J connectivity index is 1.24. The number of carbonyl (C=O) groups excluding carboxylic acids is 1. The van der Waals surface area contributed by atoms with Gasteiger partial charge in [0.25, 0.3) is 11.6 Å². The number of thiocarbonyl (C=S) groups is 1. The van der Waals surface area contributed by atoms with Gasteiger partial charge >= 0.3 is 0 Å². The van der Waals surface area contributed by atoms with Crippen molar-refractivity contribution in [2.45, 2.75) is 6.92 Å². The molecule has 174 valence electrons. The van der Waals surface area contributed by atoms with E-state index in [-0.39, 0.29) is 27.9 Å². The maximum absolute atomic E-state index is 12.5. The SMILES string of the molecule is Cc1nnc2sc(-c3ccc(NC(=S)NC(=O)c4ccc(-c5ccccc5[N+](=O)[O-])o4)cc3)nn12. The van der Waals surface area contributed by atoms with Gasteiger partial charge in [-0.2, -0.15) is 9.61 Å². The summed E-state index contributed by atoms with van der Waals surface area (Å²) in [6.45, 7) is 1.83. The summed E-state index contributed by atoms with van der Waals surface area (Å²) in [6, 6.07) is 16.4. The molecule has 0 unspecified atom stereocenters. The van der Waals surface area contributed by atoms with E-state index in [4.69, 9.17) is 16.6 Å². The van der Waals surface area contributed by atoms with Crippen LogP contribution in [0.25, 0.3) is 26.9 Å². The number of amides is 1. The minimum Gasteiger partial charge on any atom is -0.451 e. The summed E-state index contributed by atoms with van der Waals surface area (Å²) in [5.41, 5.74) is 1.72. The molecule has 0 saturated carbocycles. The highest BCUT2D eigenvalue weighted by Gasteiger charge is 2.20. The highest BCUT2D eigenvalue weighted by atomic mass is 32.1. The first-order valence-corrected chi connectivity index (χ1v) is 11.4. The molecule has 0 aliphatic rings. The first-order valence-electron chi connectivity index (χ1n) is 10.1. The molecule has 13 heteroatoms. The van der Waals surface area contributed by atoms with Crippen molar-refractivity contribution in [1.82, 2.24) is 25.1 Å². The molecular formula is C22H15N7O4S2. The van der Waals surface area contributed by atoms with Crippen molar-refractivity contribution in [3.05, 3.63) is 82.4 Å². The fraction of sp³-hybridized carbons (Fsp3) is 0.0455. The standard InChI is InChI=1S/C22H15N7O4S2/c1-12-25-26-22-28(12)27-20(35-22)13-6-8-14(9-7-13)23-21(34)24-19(30)18-11-10-17(33-18)15-4-2-3-5-16(15)29(31)32/h2-11H,1H3,(H2,23,24,30,34). The van der Waals surface area contributed by atoms with Gasteiger partial charge in [0, 0.05) is 17.3 Å². The topological polar surface area (TPSA) is 140 Å². The van der Waals surface area contributed by atoms with E-state index in [9.17, 15) is 14.9 Å². The van der Waals surface area contributed by atoms with E-state index in [0.717, 1.165) is 10.6 Å². The smallest absolute Gasteiger partial charge is 0.293 e. The van der Waals surface area contributed by atoms with Crippen LogP contribution in [0.2, 0.25) is 0 Å². The van der Waals surface area contributed by atoms with Gasteiger partial charge in [0.2, 0.25) is 4.96 Å². The lowest BCUT2D eigenvalue weighted by Crippen LogP contribution is -2.33. The highest BCUT2D eigenvalue weighted by molar-refractivity contribution is 7.80. The van der Waals surface area contributed by atoms with Crippen LogP contribution in [0, 0.1) is 17.0 Å². The third kappa shape index (κ3) is 4.49. The number of benzene rings is 2. The minimum atomic E-state index is -0.584. The van der Waals surface area contributed by atoms with Gasteiger partial charge in [-0.05, 0) is 61.6 Å². The lowest BCUT2D eigenvalue weighted by Gasteiger charge is -2.09.